The van der Waals surface area contributed by atoms with Crippen molar-refractivity contribution in [1.82, 2.24) is 4.98 Å². The first-order valence-electron chi connectivity index (χ1n) is 10.3. The zero-order chi connectivity index (χ0) is 21.8. The minimum atomic E-state index is -0.357. The van der Waals surface area contributed by atoms with E-state index in [-0.39, 0.29) is 11.8 Å². The number of hydrogen-bond donors (Lipinski definition) is 1. The predicted octanol–water partition coefficient (Wildman–Crippen LogP) is 5.44. The van der Waals surface area contributed by atoms with E-state index < -0.39 is 0 Å². The van der Waals surface area contributed by atoms with E-state index in [9.17, 15) is 9.59 Å². The molecule has 0 aliphatic carbocycles. The Morgan fingerprint density at radius 1 is 0.656 bits per heavy atom. The molecule has 1 aromatic heterocycles. The van der Waals surface area contributed by atoms with Crippen molar-refractivity contribution >= 4 is 45.0 Å². The van der Waals surface area contributed by atoms with Gasteiger partial charge in [-0.3, -0.25) is 9.59 Å². The van der Waals surface area contributed by atoms with Gasteiger partial charge in [0.15, 0.2) is 0 Å². The summed E-state index contributed by atoms with van der Waals surface area (Å²) in [5, 5.41) is 2.03. The Balaban J connectivity index is 1.53. The average Bonchev–Trinajstić information content (AvgIpc) is 3.07. The molecule has 0 radical (unpaired) electrons. The van der Waals surface area contributed by atoms with Gasteiger partial charge in [-0.1, -0.05) is 54.6 Å². The Bertz CT molecular complexity index is 1500. The normalized spacial score (nSPS) is 13.2. The number of nitrogens with two attached hydrogens (primary N) is 1. The molecule has 0 fully saturated rings. The number of para-hydroxylation sites is 2. The zero-order valence-electron chi connectivity index (χ0n) is 16.9. The van der Waals surface area contributed by atoms with Crippen LogP contribution in [0.3, 0.4) is 0 Å². The van der Waals surface area contributed by atoms with Gasteiger partial charge < -0.3 is 5.73 Å². The first-order valence-corrected chi connectivity index (χ1v) is 10.3. The molecule has 2 heterocycles. The van der Waals surface area contributed by atoms with Crippen molar-refractivity contribution in [3.63, 3.8) is 0 Å². The number of pyridine rings is 1. The third-order valence-corrected chi connectivity index (χ3v) is 5.94. The highest BCUT2D eigenvalue weighted by atomic mass is 16.2. The second-order valence-electron chi connectivity index (χ2n) is 7.79. The van der Waals surface area contributed by atoms with Gasteiger partial charge >= 0.3 is 0 Å². The molecule has 4 aromatic carbocycles. The number of benzene rings is 4. The highest BCUT2D eigenvalue weighted by molar-refractivity contribution is 6.35. The molecule has 0 bridgehead atoms. The minimum Gasteiger partial charge on any atom is -0.397 e. The number of anilines is 2. The Hall–Kier alpha value is -4.51. The summed E-state index contributed by atoms with van der Waals surface area (Å²) in [6.07, 6.45) is 0. The smallest absolute Gasteiger partial charge is 0.266 e. The van der Waals surface area contributed by atoms with Crippen LogP contribution in [-0.4, -0.2) is 16.8 Å². The van der Waals surface area contributed by atoms with Crippen LogP contribution in [0.4, 0.5) is 11.4 Å². The fourth-order valence-corrected chi connectivity index (χ4v) is 4.47. The average molecular weight is 415 g/mol. The number of carbonyl (C=O) groups excluding carboxylic acids is 2. The summed E-state index contributed by atoms with van der Waals surface area (Å²) in [4.78, 5) is 31.8. The predicted molar refractivity (Wildman–Crippen MR) is 127 cm³/mol. The van der Waals surface area contributed by atoms with Crippen molar-refractivity contribution in [2.24, 2.45) is 0 Å². The molecular weight excluding hydrogens is 398 g/mol. The van der Waals surface area contributed by atoms with Gasteiger partial charge in [-0.25, -0.2) is 9.88 Å². The molecular formula is C27H17N3O2. The van der Waals surface area contributed by atoms with Crippen LogP contribution in [0.5, 0.6) is 0 Å². The summed E-state index contributed by atoms with van der Waals surface area (Å²) in [5.41, 5.74) is 11.7. The summed E-state index contributed by atoms with van der Waals surface area (Å²) in [6, 6.07) is 28.3. The van der Waals surface area contributed by atoms with Crippen molar-refractivity contribution in [3.05, 3.63) is 102 Å². The van der Waals surface area contributed by atoms with Gasteiger partial charge in [0.2, 0.25) is 0 Å². The lowest BCUT2D eigenvalue weighted by molar-refractivity contribution is 0.0926. The number of amides is 2. The van der Waals surface area contributed by atoms with E-state index in [4.69, 9.17) is 10.7 Å². The molecule has 2 amide bonds. The van der Waals surface area contributed by atoms with E-state index in [1.54, 1.807) is 30.3 Å². The van der Waals surface area contributed by atoms with Crippen LogP contribution in [0, 0.1) is 0 Å². The van der Waals surface area contributed by atoms with Crippen LogP contribution in [0.25, 0.3) is 32.9 Å². The van der Waals surface area contributed by atoms with Gasteiger partial charge in [0.1, 0.15) is 0 Å². The SMILES string of the molecule is Nc1cc(-c2c3ccccc3nc3ccccc23)ccc1N1C(=O)c2ccccc2C1=O. The summed E-state index contributed by atoms with van der Waals surface area (Å²) >= 11 is 0. The number of hydrogen-bond acceptors (Lipinski definition) is 4. The van der Waals surface area contributed by atoms with Crippen molar-refractivity contribution in [3.8, 4) is 11.1 Å². The van der Waals surface area contributed by atoms with E-state index in [1.165, 1.54) is 0 Å². The maximum Gasteiger partial charge on any atom is 0.266 e. The molecule has 0 atom stereocenters. The summed E-state index contributed by atoms with van der Waals surface area (Å²) in [7, 11) is 0. The number of carbonyl (C=O) groups is 2. The molecule has 0 saturated heterocycles. The van der Waals surface area contributed by atoms with Crippen LogP contribution in [0.1, 0.15) is 20.7 Å². The van der Waals surface area contributed by atoms with E-state index >= 15 is 0 Å². The third kappa shape index (κ3) is 2.55. The van der Waals surface area contributed by atoms with Gasteiger partial charge in [0.25, 0.3) is 11.8 Å². The molecule has 5 nitrogen and oxygen atoms in total. The molecule has 5 heteroatoms. The van der Waals surface area contributed by atoms with Crippen molar-refractivity contribution in [1.29, 1.82) is 0 Å². The molecule has 2 N–H and O–H groups in total. The number of rotatable bonds is 2. The van der Waals surface area contributed by atoms with Gasteiger partial charge in [-0.2, -0.15) is 0 Å². The van der Waals surface area contributed by atoms with Gasteiger partial charge in [0.05, 0.1) is 33.5 Å². The Morgan fingerprint density at radius 2 is 1.19 bits per heavy atom. The molecule has 0 unspecified atom stereocenters. The maximum atomic E-state index is 12.9. The molecule has 0 spiro atoms. The highest BCUT2D eigenvalue weighted by Crippen LogP contribution is 2.39. The number of fused-ring (bicyclic) bond motifs is 3. The summed E-state index contributed by atoms with van der Waals surface area (Å²) in [6.45, 7) is 0. The molecule has 152 valence electrons. The monoisotopic (exact) mass is 415 g/mol. The van der Waals surface area contributed by atoms with E-state index in [1.807, 2.05) is 60.7 Å². The standard InChI is InChI=1S/C27H17N3O2/c28-21-15-16(13-14-24(21)30-26(31)17-7-1-2-8-18(17)27(30)32)25-19-9-3-5-11-22(19)29-23-12-6-4-10-20(23)25/h1-15H,28H2. The second-order valence-corrected chi connectivity index (χ2v) is 7.79. The van der Waals surface area contributed by atoms with Crippen LogP contribution in [0.2, 0.25) is 0 Å². The Morgan fingerprint density at radius 3 is 1.75 bits per heavy atom. The van der Waals surface area contributed by atoms with Gasteiger partial charge in [0, 0.05) is 16.3 Å². The number of nitrogen functional groups attached to an aromatic ring is 1. The van der Waals surface area contributed by atoms with Crippen LogP contribution >= 0.6 is 0 Å². The summed E-state index contributed by atoms with van der Waals surface area (Å²) < 4.78 is 0. The molecule has 1 aliphatic heterocycles. The molecule has 32 heavy (non-hydrogen) atoms. The van der Waals surface area contributed by atoms with Crippen molar-refractivity contribution < 1.29 is 9.59 Å². The third-order valence-electron chi connectivity index (χ3n) is 5.94. The molecule has 0 saturated carbocycles. The van der Waals surface area contributed by atoms with E-state index in [0.717, 1.165) is 37.8 Å². The highest BCUT2D eigenvalue weighted by Gasteiger charge is 2.37. The minimum absolute atomic E-state index is 0.357. The quantitative estimate of drug-likeness (QED) is 0.237. The zero-order valence-corrected chi connectivity index (χ0v) is 16.9. The van der Waals surface area contributed by atoms with Gasteiger partial charge in [-0.15, -0.1) is 0 Å². The first-order chi connectivity index (χ1) is 15.6. The van der Waals surface area contributed by atoms with Crippen LogP contribution in [-0.2, 0) is 0 Å². The second kappa shape index (κ2) is 6.75. The molecule has 6 rings (SSSR count). The lowest BCUT2D eigenvalue weighted by atomic mass is 9.95. The Labute approximate surface area is 183 Å². The topological polar surface area (TPSA) is 76.3 Å². The lowest BCUT2D eigenvalue weighted by Crippen LogP contribution is -2.30. The first kappa shape index (κ1) is 18.3. The maximum absolute atomic E-state index is 12.9. The van der Waals surface area contributed by atoms with Crippen LogP contribution < -0.4 is 10.6 Å². The van der Waals surface area contributed by atoms with Crippen molar-refractivity contribution in [2.45, 2.75) is 0 Å². The lowest BCUT2D eigenvalue weighted by Gasteiger charge is -2.18. The number of nitrogens with zero attached hydrogens (tertiary/aromatic N) is 2. The molecule has 5 aromatic rings. The fourth-order valence-electron chi connectivity index (χ4n) is 4.47. The van der Waals surface area contributed by atoms with E-state index in [0.29, 0.717) is 22.5 Å². The van der Waals surface area contributed by atoms with Crippen molar-refractivity contribution in [2.75, 3.05) is 10.6 Å². The fraction of sp³-hybridized carbons (Fsp3) is 0. The van der Waals surface area contributed by atoms with E-state index in [2.05, 4.69) is 0 Å². The number of imide groups is 1. The largest absolute Gasteiger partial charge is 0.397 e. The van der Waals surface area contributed by atoms with Gasteiger partial charge in [-0.05, 0) is 42.0 Å². The number of aromatic nitrogens is 1. The van der Waals surface area contributed by atoms with Crippen LogP contribution in [0.15, 0.2) is 91.0 Å². The summed E-state index contributed by atoms with van der Waals surface area (Å²) in [5.74, 6) is -0.713. The Kier molecular flexibility index (Phi) is 3.86. The molecule has 1 aliphatic rings.